The van der Waals surface area contributed by atoms with E-state index in [-0.39, 0.29) is 0 Å². The number of pyridine rings is 1. The Labute approximate surface area is 109 Å². The fourth-order valence-corrected chi connectivity index (χ4v) is 2.32. The minimum atomic E-state index is -4.94. The molecule has 0 aliphatic heterocycles. The van der Waals surface area contributed by atoms with Crippen molar-refractivity contribution in [2.24, 2.45) is 7.05 Å². The molecule has 0 saturated heterocycles. The Morgan fingerprint density at radius 3 is 2.11 bits per heavy atom. The van der Waals surface area contributed by atoms with E-state index in [1.165, 1.54) is 37.1 Å². The molecule has 102 valence electrons. The van der Waals surface area contributed by atoms with Gasteiger partial charge in [0.2, 0.25) is 0 Å². The molecule has 0 fully saturated rings. The molecule has 1 aromatic rings. The van der Waals surface area contributed by atoms with Crippen molar-refractivity contribution in [2.75, 3.05) is 0 Å². The van der Waals surface area contributed by atoms with Crippen molar-refractivity contribution in [3.63, 3.8) is 0 Å². The zero-order valence-electron chi connectivity index (χ0n) is 10.9. The van der Waals surface area contributed by atoms with Crippen LogP contribution in [0.2, 0.25) is 0 Å². The SMILES string of the molecule is Cc1cc2c(c(C)[n+]1C)CCCC2.[O-][Cl+3]([O-])([O-])[O-]. The predicted molar refractivity (Wildman–Crippen MR) is 53.7 cm³/mol. The normalized spacial score (nSPS) is 14.6. The number of fused-ring (bicyclic) bond motifs is 1. The van der Waals surface area contributed by atoms with E-state index >= 15 is 0 Å². The monoisotopic (exact) mass is 275 g/mol. The van der Waals surface area contributed by atoms with Gasteiger partial charge in [0.1, 0.15) is 7.05 Å². The summed E-state index contributed by atoms with van der Waals surface area (Å²) in [4.78, 5) is 0. The van der Waals surface area contributed by atoms with Crippen molar-refractivity contribution >= 4 is 0 Å². The standard InChI is InChI=1S/C12H18N.ClHO4/c1-9-8-11-6-4-5-7-12(11)10(2)13(9)3;2-1(3,4)5/h8H,4-7H2,1-3H3;(H,2,3,4,5)/q+1;/p-1. The van der Waals surface area contributed by atoms with E-state index in [9.17, 15) is 0 Å². The highest BCUT2D eigenvalue weighted by atomic mass is 35.7. The van der Waals surface area contributed by atoms with Gasteiger partial charge in [0.25, 0.3) is 0 Å². The number of aromatic nitrogens is 1. The maximum Gasteiger partial charge on any atom is 0.181 e. The largest absolute Gasteiger partial charge is 0.222 e. The highest BCUT2D eigenvalue weighted by Crippen LogP contribution is 2.22. The van der Waals surface area contributed by atoms with Crippen LogP contribution in [0.3, 0.4) is 0 Å². The first-order valence-electron chi connectivity index (χ1n) is 5.80. The molecule has 0 unspecified atom stereocenters. The average Bonchev–Trinajstić information content (AvgIpc) is 2.24. The van der Waals surface area contributed by atoms with Crippen LogP contribution in [0.5, 0.6) is 0 Å². The molecule has 0 N–H and O–H groups in total. The van der Waals surface area contributed by atoms with Crippen molar-refractivity contribution in [1.29, 1.82) is 0 Å². The summed E-state index contributed by atoms with van der Waals surface area (Å²) in [5.74, 6) is 0. The van der Waals surface area contributed by atoms with Crippen molar-refractivity contribution in [3.8, 4) is 0 Å². The van der Waals surface area contributed by atoms with Gasteiger partial charge in [0, 0.05) is 25.5 Å². The molecular formula is C12H18ClNO4. The molecule has 0 atom stereocenters. The van der Waals surface area contributed by atoms with Gasteiger partial charge >= 0.3 is 0 Å². The van der Waals surface area contributed by atoms with E-state index in [1.807, 2.05) is 0 Å². The van der Waals surface area contributed by atoms with Gasteiger partial charge in [-0.15, -0.1) is 10.2 Å². The van der Waals surface area contributed by atoms with Gasteiger partial charge in [-0.05, 0) is 31.2 Å². The molecule has 5 nitrogen and oxygen atoms in total. The van der Waals surface area contributed by atoms with Gasteiger partial charge < -0.3 is 0 Å². The summed E-state index contributed by atoms with van der Waals surface area (Å²) in [7, 11) is -2.78. The van der Waals surface area contributed by atoms with Gasteiger partial charge in [-0.1, -0.05) is 0 Å². The summed E-state index contributed by atoms with van der Waals surface area (Å²) in [5, 5.41) is 0. The zero-order valence-corrected chi connectivity index (χ0v) is 11.6. The summed E-state index contributed by atoms with van der Waals surface area (Å²) in [6.07, 6.45) is 5.32. The van der Waals surface area contributed by atoms with Gasteiger partial charge in [-0.2, -0.15) is 0 Å². The second kappa shape index (κ2) is 5.95. The van der Waals surface area contributed by atoms with Gasteiger partial charge in [0.15, 0.2) is 11.4 Å². The van der Waals surface area contributed by atoms with E-state index < -0.39 is 10.2 Å². The van der Waals surface area contributed by atoms with Gasteiger partial charge in [0.05, 0.1) is 0 Å². The van der Waals surface area contributed by atoms with Gasteiger partial charge in [-0.3, -0.25) is 0 Å². The maximum atomic E-state index is 8.49. The van der Waals surface area contributed by atoms with Crippen LogP contribution in [0.1, 0.15) is 35.4 Å². The molecule has 1 aromatic heterocycles. The van der Waals surface area contributed by atoms with Crippen LogP contribution in [-0.2, 0) is 19.9 Å². The van der Waals surface area contributed by atoms with Crippen LogP contribution in [0.25, 0.3) is 0 Å². The summed E-state index contributed by atoms with van der Waals surface area (Å²) >= 11 is 0. The molecule has 1 aliphatic rings. The lowest BCUT2D eigenvalue weighted by molar-refractivity contribution is -2.00. The second-order valence-electron chi connectivity index (χ2n) is 4.52. The first-order valence-corrected chi connectivity index (χ1v) is 7.03. The lowest BCUT2D eigenvalue weighted by atomic mass is 9.90. The summed E-state index contributed by atoms with van der Waals surface area (Å²) in [6.45, 7) is 4.44. The minimum absolute atomic E-state index is 1.29. The molecule has 1 aliphatic carbocycles. The Morgan fingerprint density at radius 1 is 1.06 bits per heavy atom. The fourth-order valence-electron chi connectivity index (χ4n) is 2.32. The first-order chi connectivity index (χ1) is 8.20. The number of rotatable bonds is 0. The van der Waals surface area contributed by atoms with Crippen molar-refractivity contribution in [2.45, 2.75) is 39.5 Å². The molecule has 2 rings (SSSR count). The highest BCUT2D eigenvalue weighted by molar-refractivity contribution is 5.30. The third-order valence-corrected chi connectivity index (χ3v) is 3.36. The Balaban J connectivity index is 0.000000280. The minimum Gasteiger partial charge on any atom is -0.222 e. The average molecular weight is 276 g/mol. The molecule has 6 heteroatoms. The molecule has 0 amide bonds. The number of hydrogen-bond acceptors (Lipinski definition) is 4. The van der Waals surface area contributed by atoms with Crippen LogP contribution in [-0.4, -0.2) is 0 Å². The molecule has 18 heavy (non-hydrogen) atoms. The predicted octanol–water partition coefficient (Wildman–Crippen LogP) is -2.75. The lowest BCUT2D eigenvalue weighted by Crippen LogP contribution is -2.68. The van der Waals surface area contributed by atoms with Crippen LogP contribution < -0.4 is 23.2 Å². The number of halogens is 1. The zero-order chi connectivity index (χ0) is 13.9. The topological polar surface area (TPSA) is 96.1 Å². The van der Waals surface area contributed by atoms with Crippen LogP contribution in [0.15, 0.2) is 6.07 Å². The first kappa shape index (κ1) is 15.3. The molecule has 0 saturated carbocycles. The van der Waals surface area contributed by atoms with E-state index in [0.29, 0.717) is 0 Å². The third-order valence-electron chi connectivity index (χ3n) is 3.36. The molecule has 1 heterocycles. The molecule has 0 aromatic carbocycles. The quantitative estimate of drug-likeness (QED) is 0.480. The summed E-state index contributed by atoms with van der Waals surface area (Å²) in [6, 6.07) is 2.36. The van der Waals surface area contributed by atoms with E-state index in [1.54, 1.807) is 11.1 Å². The van der Waals surface area contributed by atoms with Crippen LogP contribution in [0, 0.1) is 24.1 Å². The Kier molecular flexibility index (Phi) is 5.07. The third kappa shape index (κ3) is 4.51. The van der Waals surface area contributed by atoms with Crippen molar-refractivity contribution in [3.05, 3.63) is 28.6 Å². The second-order valence-corrected chi connectivity index (χ2v) is 5.27. The Morgan fingerprint density at radius 2 is 1.56 bits per heavy atom. The smallest absolute Gasteiger partial charge is 0.181 e. The van der Waals surface area contributed by atoms with E-state index in [4.69, 9.17) is 18.6 Å². The van der Waals surface area contributed by atoms with Crippen LogP contribution >= 0.6 is 0 Å². The number of hydrogen-bond donors (Lipinski definition) is 0. The van der Waals surface area contributed by atoms with Crippen molar-refractivity contribution in [1.82, 2.24) is 0 Å². The van der Waals surface area contributed by atoms with Crippen LogP contribution in [0.4, 0.5) is 0 Å². The summed E-state index contributed by atoms with van der Waals surface area (Å²) in [5.41, 5.74) is 6.06. The molecule has 0 radical (unpaired) electrons. The molecular weight excluding hydrogens is 258 g/mol. The van der Waals surface area contributed by atoms with E-state index in [0.717, 1.165) is 0 Å². The number of nitrogens with zero attached hydrogens (tertiary/aromatic N) is 1. The highest BCUT2D eigenvalue weighted by Gasteiger charge is 2.19. The molecule has 0 bridgehead atoms. The lowest BCUT2D eigenvalue weighted by Gasteiger charge is -2.17. The Bertz CT molecular complexity index is 423. The Hall–Kier alpha value is -0.720. The summed E-state index contributed by atoms with van der Waals surface area (Å²) < 4.78 is 36.3. The van der Waals surface area contributed by atoms with E-state index in [2.05, 4.69) is 31.5 Å². The molecule has 0 spiro atoms. The van der Waals surface area contributed by atoms with Crippen molar-refractivity contribution < 1.29 is 33.4 Å². The van der Waals surface area contributed by atoms with Gasteiger partial charge in [-0.25, -0.2) is 23.2 Å². The number of aryl methyl sites for hydroxylation is 2. The fraction of sp³-hybridized carbons (Fsp3) is 0.583. The maximum absolute atomic E-state index is 8.49.